The molecule has 27 heavy (non-hydrogen) atoms. The molecule has 2 heterocycles. The molecule has 1 aliphatic carbocycles. The lowest BCUT2D eigenvalue weighted by atomic mass is 9.98. The number of nitrogens with two attached hydrogens (primary N) is 1. The van der Waals surface area contributed by atoms with Gasteiger partial charge in [-0.2, -0.15) is 5.10 Å². The average Bonchev–Trinajstić information content (AvgIpc) is 3.18. The Hall–Kier alpha value is -2.25. The van der Waals surface area contributed by atoms with Crippen molar-refractivity contribution in [3.63, 3.8) is 0 Å². The number of carbonyl (C=O) groups excluding carboxylic acids is 1. The third-order valence-electron chi connectivity index (χ3n) is 5.59. The van der Waals surface area contributed by atoms with Gasteiger partial charge < -0.3 is 10.6 Å². The first-order valence-corrected chi connectivity index (χ1v) is 8.86. The second kappa shape index (κ2) is 7.40. The van der Waals surface area contributed by atoms with Gasteiger partial charge in [0.1, 0.15) is 11.5 Å². The first-order valence-electron chi connectivity index (χ1n) is 8.86. The zero-order chi connectivity index (χ0) is 18.4. The Bertz CT molecular complexity index is 932. The van der Waals surface area contributed by atoms with E-state index in [0.717, 1.165) is 12.8 Å². The smallest absolute Gasteiger partial charge is 0.278 e. The van der Waals surface area contributed by atoms with Gasteiger partial charge in [-0.15, -0.1) is 12.4 Å². The zero-order valence-corrected chi connectivity index (χ0v) is 15.8. The van der Waals surface area contributed by atoms with Crippen molar-refractivity contribution in [2.24, 2.45) is 17.6 Å². The number of hydrogen-bond acceptors (Lipinski definition) is 4. The number of para-hydroxylation sites is 1. The van der Waals surface area contributed by atoms with Crippen molar-refractivity contribution in [3.8, 4) is 5.69 Å². The van der Waals surface area contributed by atoms with Gasteiger partial charge in [-0.05, 0) is 43.7 Å². The number of aromatic nitrogens is 2. The van der Waals surface area contributed by atoms with Gasteiger partial charge in [-0.25, -0.2) is 9.07 Å². The molecule has 2 fully saturated rings. The van der Waals surface area contributed by atoms with Crippen LogP contribution in [0, 0.1) is 24.6 Å². The van der Waals surface area contributed by atoms with Crippen LogP contribution in [0.15, 0.2) is 35.1 Å². The Morgan fingerprint density at radius 3 is 2.70 bits per heavy atom. The molecule has 0 radical (unpaired) electrons. The maximum Gasteiger partial charge on any atom is 0.278 e. The van der Waals surface area contributed by atoms with Gasteiger partial charge in [0.25, 0.3) is 5.91 Å². The molecule has 1 amide bonds. The third kappa shape index (κ3) is 3.37. The fourth-order valence-electron chi connectivity index (χ4n) is 4.19. The molecule has 2 aromatic rings. The largest absolute Gasteiger partial charge is 0.336 e. The summed E-state index contributed by atoms with van der Waals surface area (Å²) in [6, 6.07) is 7.58. The Kier molecular flexibility index (Phi) is 5.35. The topological polar surface area (TPSA) is 81.2 Å². The molecule has 6 nitrogen and oxygen atoms in total. The maximum atomic E-state index is 14.1. The zero-order valence-electron chi connectivity index (χ0n) is 15.0. The van der Waals surface area contributed by atoms with Gasteiger partial charge >= 0.3 is 0 Å². The fourth-order valence-corrected chi connectivity index (χ4v) is 4.19. The highest BCUT2D eigenvalue weighted by Gasteiger charge is 2.43. The third-order valence-corrected chi connectivity index (χ3v) is 5.59. The van der Waals surface area contributed by atoms with Crippen LogP contribution in [0.5, 0.6) is 0 Å². The lowest BCUT2D eigenvalue weighted by molar-refractivity contribution is 0.0770. The standard InChI is InChI=1S/C19H21FN4O2.ClH/c1-11-8-17(25)18(22-24(11)16-5-3-2-4-14(16)20)19(26)23-9-12-6-7-15(21)13(12)10-23;/h2-5,8,12-13,15H,6-7,9-10,21H2,1H3;1H. The SMILES string of the molecule is Cc1cc(=O)c(C(=O)N2CC3CCC(N)C3C2)nn1-c1ccccc1F.Cl. The van der Waals surface area contributed by atoms with Crippen LogP contribution in [-0.4, -0.2) is 39.7 Å². The molecule has 1 aliphatic heterocycles. The number of carbonyl (C=O) groups is 1. The summed E-state index contributed by atoms with van der Waals surface area (Å²) in [4.78, 5) is 26.9. The Morgan fingerprint density at radius 1 is 1.26 bits per heavy atom. The number of benzene rings is 1. The van der Waals surface area contributed by atoms with Crippen LogP contribution in [0.4, 0.5) is 4.39 Å². The number of amides is 1. The Balaban J connectivity index is 0.00000210. The van der Waals surface area contributed by atoms with E-state index in [2.05, 4.69) is 5.10 Å². The summed E-state index contributed by atoms with van der Waals surface area (Å²) in [6.07, 6.45) is 2.00. The van der Waals surface area contributed by atoms with E-state index in [9.17, 15) is 14.0 Å². The summed E-state index contributed by atoms with van der Waals surface area (Å²) in [5.41, 5.74) is 6.19. The minimum atomic E-state index is -0.466. The number of aryl methyl sites for hydroxylation is 1. The minimum Gasteiger partial charge on any atom is -0.336 e. The van der Waals surface area contributed by atoms with Crippen molar-refractivity contribution in [1.82, 2.24) is 14.7 Å². The second-order valence-electron chi connectivity index (χ2n) is 7.24. The van der Waals surface area contributed by atoms with Gasteiger partial charge in [0.2, 0.25) is 5.43 Å². The lowest BCUT2D eigenvalue weighted by Crippen LogP contribution is -2.37. The molecule has 0 bridgehead atoms. The van der Waals surface area contributed by atoms with Gasteiger partial charge in [0, 0.05) is 30.9 Å². The summed E-state index contributed by atoms with van der Waals surface area (Å²) in [5.74, 6) is -0.181. The van der Waals surface area contributed by atoms with Crippen LogP contribution in [0.2, 0.25) is 0 Å². The number of fused-ring (bicyclic) bond motifs is 1. The van der Waals surface area contributed by atoms with E-state index in [1.165, 1.54) is 16.8 Å². The summed E-state index contributed by atoms with van der Waals surface area (Å²) < 4.78 is 15.5. The Labute approximate surface area is 162 Å². The molecule has 1 saturated carbocycles. The van der Waals surface area contributed by atoms with E-state index in [1.807, 2.05) is 0 Å². The highest BCUT2D eigenvalue weighted by atomic mass is 35.5. The van der Waals surface area contributed by atoms with Crippen molar-refractivity contribution in [3.05, 3.63) is 57.8 Å². The van der Waals surface area contributed by atoms with Gasteiger partial charge in [0.15, 0.2) is 5.69 Å². The van der Waals surface area contributed by atoms with E-state index in [-0.39, 0.29) is 35.7 Å². The molecule has 3 atom stereocenters. The summed E-state index contributed by atoms with van der Waals surface area (Å²) in [7, 11) is 0. The van der Waals surface area contributed by atoms with Crippen molar-refractivity contribution >= 4 is 18.3 Å². The average molecular weight is 393 g/mol. The monoisotopic (exact) mass is 392 g/mol. The molecule has 3 unspecified atom stereocenters. The van der Waals surface area contributed by atoms with E-state index in [0.29, 0.717) is 24.7 Å². The number of halogens is 2. The lowest BCUT2D eigenvalue weighted by Gasteiger charge is -2.19. The number of likely N-dealkylation sites (tertiary alicyclic amines) is 1. The van der Waals surface area contributed by atoms with E-state index < -0.39 is 17.2 Å². The first kappa shape index (κ1) is 19.5. The van der Waals surface area contributed by atoms with Crippen LogP contribution in [0.25, 0.3) is 5.69 Å². The maximum absolute atomic E-state index is 14.1. The fraction of sp³-hybridized carbons (Fsp3) is 0.421. The summed E-state index contributed by atoms with van der Waals surface area (Å²) in [6.45, 7) is 2.82. The van der Waals surface area contributed by atoms with Crippen LogP contribution in [-0.2, 0) is 0 Å². The number of rotatable bonds is 2. The molecule has 2 aliphatic rings. The minimum absolute atomic E-state index is 0. The molecular weight excluding hydrogens is 371 g/mol. The molecule has 2 N–H and O–H groups in total. The van der Waals surface area contributed by atoms with Crippen molar-refractivity contribution in [1.29, 1.82) is 0 Å². The quantitative estimate of drug-likeness (QED) is 0.846. The summed E-state index contributed by atoms with van der Waals surface area (Å²) in [5, 5.41) is 4.20. The van der Waals surface area contributed by atoms with Crippen molar-refractivity contribution in [2.45, 2.75) is 25.8 Å². The molecule has 8 heteroatoms. The highest BCUT2D eigenvalue weighted by Crippen LogP contribution is 2.37. The van der Waals surface area contributed by atoms with Gasteiger partial charge in [-0.1, -0.05) is 12.1 Å². The van der Waals surface area contributed by atoms with Crippen LogP contribution < -0.4 is 11.2 Å². The van der Waals surface area contributed by atoms with Crippen molar-refractivity contribution < 1.29 is 9.18 Å². The van der Waals surface area contributed by atoms with Crippen LogP contribution in [0.3, 0.4) is 0 Å². The number of nitrogens with zero attached hydrogens (tertiary/aromatic N) is 3. The van der Waals surface area contributed by atoms with Crippen molar-refractivity contribution in [2.75, 3.05) is 13.1 Å². The predicted octanol–water partition coefficient (Wildman–Crippen LogP) is 1.91. The van der Waals surface area contributed by atoms with E-state index in [4.69, 9.17) is 5.73 Å². The van der Waals surface area contributed by atoms with E-state index >= 15 is 0 Å². The van der Waals surface area contributed by atoms with Gasteiger partial charge in [-0.3, -0.25) is 9.59 Å². The van der Waals surface area contributed by atoms with Crippen LogP contribution >= 0.6 is 12.4 Å². The predicted molar refractivity (Wildman–Crippen MR) is 102 cm³/mol. The molecular formula is C19H22ClFN4O2. The highest BCUT2D eigenvalue weighted by molar-refractivity contribution is 5.92. The van der Waals surface area contributed by atoms with Crippen LogP contribution in [0.1, 0.15) is 29.0 Å². The summed E-state index contributed by atoms with van der Waals surface area (Å²) >= 11 is 0. The Morgan fingerprint density at radius 2 is 2.00 bits per heavy atom. The molecule has 4 rings (SSSR count). The normalized spacial score (nSPS) is 23.8. The van der Waals surface area contributed by atoms with E-state index in [1.54, 1.807) is 30.0 Å². The first-order chi connectivity index (χ1) is 12.5. The molecule has 1 aromatic heterocycles. The number of hydrogen-bond donors (Lipinski definition) is 1. The molecule has 1 saturated heterocycles. The van der Waals surface area contributed by atoms with Gasteiger partial charge in [0.05, 0.1) is 0 Å². The molecule has 144 valence electrons. The molecule has 0 spiro atoms. The molecule has 1 aromatic carbocycles. The second-order valence-corrected chi connectivity index (χ2v) is 7.24.